The van der Waals surface area contributed by atoms with Crippen LogP contribution in [0.25, 0.3) is 0 Å². The lowest BCUT2D eigenvalue weighted by molar-refractivity contribution is 0.0182. The Morgan fingerprint density at radius 1 is 1.44 bits per heavy atom. The Morgan fingerprint density at radius 3 is 3.06 bits per heavy atom. The average Bonchev–Trinajstić information content (AvgIpc) is 2.84. The average molecular weight is 261 g/mol. The molecular weight excluding hydrogens is 244 g/mol. The molecule has 1 atom stereocenters. The molecule has 0 saturated carbocycles. The van der Waals surface area contributed by atoms with Gasteiger partial charge >= 0.3 is 0 Å². The number of nitrogens with zero attached hydrogens (tertiary/aromatic N) is 2. The van der Waals surface area contributed by atoms with E-state index in [-0.39, 0.29) is 12.6 Å². The first-order valence-electron chi connectivity index (χ1n) is 6.17. The summed E-state index contributed by atoms with van der Waals surface area (Å²) in [6.45, 7) is 0.593. The lowest BCUT2D eigenvalue weighted by atomic mass is 10.1. The molecule has 2 rings (SSSR count). The number of halogens is 2. The van der Waals surface area contributed by atoms with Crippen LogP contribution in [-0.2, 0) is 11.2 Å². The SMILES string of the molecule is FC(F)COCCc1noc(C2CCCCN2)n1. The maximum Gasteiger partial charge on any atom is 0.261 e. The van der Waals surface area contributed by atoms with Gasteiger partial charge in [0.15, 0.2) is 5.82 Å². The summed E-state index contributed by atoms with van der Waals surface area (Å²) in [6, 6.07) is 0.127. The van der Waals surface area contributed by atoms with Crippen LogP contribution in [0.4, 0.5) is 8.78 Å². The van der Waals surface area contributed by atoms with Gasteiger partial charge in [-0.15, -0.1) is 0 Å². The molecule has 2 heterocycles. The first kappa shape index (κ1) is 13.4. The summed E-state index contributed by atoms with van der Waals surface area (Å²) >= 11 is 0. The van der Waals surface area contributed by atoms with Gasteiger partial charge in [-0.2, -0.15) is 4.98 Å². The molecule has 0 aliphatic carbocycles. The Bertz CT molecular complexity index is 354. The molecule has 1 aromatic heterocycles. The van der Waals surface area contributed by atoms with E-state index in [1.54, 1.807) is 0 Å². The van der Waals surface area contributed by atoms with Gasteiger partial charge in [0.2, 0.25) is 5.89 Å². The molecule has 0 aromatic carbocycles. The molecule has 1 aromatic rings. The second kappa shape index (κ2) is 6.75. The standard InChI is InChI=1S/C11H17F2N3O2/c12-9(13)7-17-6-4-10-15-11(18-16-10)8-3-1-2-5-14-8/h8-9,14H,1-7H2. The molecule has 102 valence electrons. The molecule has 1 aliphatic rings. The zero-order valence-corrected chi connectivity index (χ0v) is 10.1. The van der Waals surface area contributed by atoms with Gasteiger partial charge in [0.25, 0.3) is 6.43 Å². The van der Waals surface area contributed by atoms with E-state index in [2.05, 4.69) is 15.5 Å². The summed E-state index contributed by atoms with van der Waals surface area (Å²) in [4.78, 5) is 4.24. The molecule has 7 heteroatoms. The minimum atomic E-state index is -2.43. The van der Waals surface area contributed by atoms with Gasteiger partial charge < -0.3 is 14.6 Å². The number of alkyl halides is 2. The maximum atomic E-state index is 11.8. The number of ether oxygens (including phenoxy) is 1. The van der Waals surface area contributed by atoms with Crippen LogP contribution in [0, 0.1) is 0 Å². The van der Waals surface area contributed by atoms with E-state index in [0.29, 0.717) is 18.1 Å². The van der Waals surface area contributed by atoms with E-state index in [9.17, 15) is 8.78 Å². The van der Waals surface area contributed by atoms with E-state index in [1.165, 1.54) is 6.42 Å². The Kier molecular flexibility index (Phi) is 5.00. The summed E-state index contributed by atoms with van der Waals surface area (Å²) in [5, 5.41) is 7.12. The van der Waals surface area contributed by atoms with Crippen molar-refractivity contribution in [1.82, 2.24) is 15.5 Å². The predicted octanol–water partition coefficient (Wildman–Crippen LogP) is 1.71. The van der Waals surface area contributed by atoms with Gasteiger partial charge in [0.05, 0.1) is 12.6 Å². The van der Waals surface area contributed by atoms with Crippen LogP contribution >= 0.6 is 0 Å². The fraction of sp³-hybridized carbons (Fsp3) is 0.818. The summed E-state index contributed by atoms with van der Waals surface area (Å²) in [7, 11) is 0. The predicted molar refractivity (Wildman–Crippen MR) is 59.4 cm³/mol. The minimum absolute atomic E-state index is 0.127. The van der Waals surface area contributed by atoms with Crippen LogP contribution in [0.3, 0.4) is 0 Å². The van der Waals surface area contributed by atoms with Crippen molar-refractivity contribution in [2.24, 2.45) is 0 Å². The van der Waals surface area contributed by atoms with Crippen molar-refractivity contribution < 1.29 is 18.0 Å². The lowest BCUT2D eigenvalue weighted by Gasteiger charge is -2.19. The normalized spacial score (nSPS) is 20.5. The molecule has 0 bridgehead atoms. The van der Waals surface area contributed by atoms with Gasteiger partial charge in [-0.3, -0.25) is 0 Å². The highest BCUT2D eigenvalue weighted by molar-refractivity contribution is 4.94. The number of hydrogen-bond acceptors (Lipinski definition) is 5. The van der Waals surface area contributed by atoms with Crippen LogP contribution in [0.5, 0.6) is 0 Å². The van der Waals surface area contributed by atoms with Gasteiger partial charge in [-0.1, -0.05) is 11.6 Å². The highest BCUT2D eigenvalue weighted by Crippen LogP contribution is 2.21. The number of nitrogens with one attached hydrogen (secondary N) is 1. The smallest absolute Gasteiger partial charge is 0.261 e. The topological polar surface area (TPSA) is 60.2 Å². The third-order valence-corrected chi connectivity index (χ3v) is 2.81. The van der Waals surface area contributed by atoms with Gasteiger partial charge in [0.1, 0.15) is 6.61 Å². The van der Waals surface area contributed by atoms with E-state index < -0.39 is 13.0 Å². The van der Waals surface area contributed by atoms with Crippen molar-refractivity contribution in [2.45, 2.75) is 38.2 Å². The minimum Gasteiger partial charge on any atom is -0.375 e. The summed E-state index contributed by atoms with van der Waals surface area (Å²) in [5.41, 5.74) is 0. The second-order valence-electron chi connectivity index (χ2n) is 4.27. The first-order valence-corrected chi connectivity index (χ1v) is 6.17. The van der Waals surface area contributed by atoms with E-state index >= 15 is 0 Å². The van der Waals surface area contributed by atoms with Crippen molar-refractivity contribution in [1.29, 1.82) is 0 Å². The van der Waals surface area contributed by atoms with Crippen molar-refractivity contribution >= 4 is 0 Å². The summed E-state index contributed by atoms with van der Waals surface area (Å²) in [6.07, 6.45) is 1.26. The van der Waals surface area contributed by atoms with Gasteiger partial charge in [-0.05, 0) is 19.4 Å². The van der Waals surface area contributed by atoms with Crippen LogP contribution in [0.2, 0.25) is 0 Å². The molecule has 1 saturated heterocycles. The van der Waals surface area contributed by atoms with Crippen molar-refractivity contribution in [2.75, 3.05) is 19.8 Å². The third kappa shape index (κ3) is 3.99. The number of piperidine rings is 1. The molecule has 0 amide bonds. The van der Waals surface area contributed by atoms with Crippen LogP contribution in [-0.4, -0.2) is 36.3 Å². The molecule has 18 heavy (non-hydrogen) atoms. The van der Waals surface area contributed by atoms with Crippen molar-refractivity contribution in [3.8, 4) is 0 Å². The Balaban J connectivity index is 1.75. The van der Waals surface area contributed by atoms with Gasteiger partial charge in [0, 0.05) is 6.42 Å². The number of rotatable bonds is 6. The monoisotopic (exact) mass is 261 g/mol. The summed E-state index contributed by atoms with van der Waals surface area (Å²) < 4.78 is 33.6. The zero-order valence-electron chi connectivity index (χ0n) is 10.1. The second-order valence-corrected chi connectivity index (χ2v) is 4.27. The fourth-order valence-corrected chi connectivity index (χ4v) is 1.91. The van der Waals surface area contributed by atoms with Crippen molar-refractivity contribution in [3.63, 3.8) is 0 Å². The molecular formula is C11H17F2N3O2. The van der Waals surface area contributed by atoms with E-state index in [0.717, 1.165) is 19.4 Å². The quantitative estimate of drug-likeness (QED) is 0.790. The largest absolute Gasteiger partial charge is 0.375 e. The molecule has 5 nitrogen and oxygen atoms in total. The van der Waals surface area contributed by atoms with E-state index in [4.69, 9.17) is 9.26 Å². The highest BCUT2D eigenvalue weighted by Gasteiger charge is 2.20. The maximum absolute atomic E-state index is 11.8. The van der Waals surface area contributed by atoms with Gasteiger partial charge in [-0.25, -0.2) is 8.78 Å². The molecule has 0 radical (unpaired) electrons. The number of aromatic nitrogens is 2. The molecule has 0 spiro atoms. The van der Waals surface area contributed by atoms with Crippen molar-refractivity contribution in [3.05, 3.63) is 11.7 Å². The molecule has 1 aliphatic heterocycles. The fourth-order valence-electron chi connectivity index (χ4n) is 1.91. The Hall–Kier alpha value is -1.08. The first-order chi connectivity index (χ1) is 8.75. The highest BCUT2D eigenvalue weighted by atomic mass is 19.3. The van der Waals surface area contributed by atoms with Crippen LogP contribution in [0.15, 0.2) is 4.52 Å². The Labute approximate surface area is 104 Å². The molecule has 1 fully saturated rings. The zero-order chi connectivity index (χ0) is 12.8. The van der Waals surface area contributed by atoms with Crippen LogP contribution in [0.1, 0.15) is 37.0 Å². The Morgan fingerprint density at radius 2 is 2.33 bits per heavy atom. The summed E-state index contributed by atoms with van der Waals surface area (Å²) in [5.74, 6) is 1.09. The van der Waals surface area contributed by atoms with Crippen LogP contribution < -0.4 is 5.32 Å². The third-order valence-electron chi connectivity index (χ3n) is 2.81. The lowest BCUT2D eigenvalue weighted by Crippen LogP contribution is -2.27. The molecule has 1 N–H and O–H groups in total. The molecule has 1 unspecified atom stereocenters. The van der Waals surface area contributed by atoms with E-state index in [1.807, 2.05) is 0 Å². The number of hydrogen-bond donors (Lipinski definition) is 1.